The van der Waals surface area contributed by atoms with Crippen LogP contribution in [0.15, 0.2) is 23.6 Å². The van der Waals surface area contributed by atoms with Crippen molar-refractivity contribution in [3.8, 4) is 0 Å². The van der Waals surface area contributed by atoms with Gasteiger partial charge in [-0.15, -0.1) is 0 Å². The molecule has 0 N–H and O–H groups in total. The van der Waals surface area contributed by atoms with Crippen LogP contribution in [0, 0.1) is 5.92 Å². The Morgan fingerprint density at radius 3 is 2.71 bits per heavy atom. The van der Waals surface area contributed by atoms with Crippen LogP contribution in [0.25, 0.3) is 0 Å². The highest BCUT2D eigenvalue weighted by Crippen LogP contribution is 2.04. The molecule has 0 nitrogen and oxygen atoms in total. The lowest BCUT2D eigenvalue weighted by Gasteiger charge is -1.97. The molecule has 0 aromatic rings. The maximum atomic E-state index is 2.90. The van der Waals surface area contributed by atoms with Crippen LogP contribution in [-0.4, -0.2) is 0 Å². The summed E-state index contributed by atoms with van der Waals surface area (Å²) in [5.74, 6) is 0.682. The van der Waals surface area contributed by atoms with E-state index < -0.39 is 0 Å². The molecule has 0 heteroatoms. The summed E-state index contributed by atoms with van der Waals surface area (Å²) in [6, 6.07) is 0. The Labute approximate surface area is 43.9 Å². The van der Waals surface area contributed by atoms with Crippen LogP contribution in [0.2, 0.25) is 0 Å². The van der Waals surface area contributed by atoms with Gasteiger partial charge in [0.1, 0.15) is 0 Å². The molecule has 0 spiro atoms. The van der Waals surface area contributed by atoms with Crippen molar-refractivity contribution in [2.24, 2.45) is 5.92 Å². The summed E-state index contributed by atoms with van der Waals surface area (Å²) in [4.78, 5) is 0. The number of allylic oxidation sites excluding steroid dienone is 2. The summed E-state index contributed by atoms with van der Waals surface area (Å²) in [6.07, 6.45) is 5.19. The first-order valence-electron chi connectivity index (χ1n) is 2.55. The van der Waals surface area contributed by atoms with Gasteiger partial charge in [0, 0.05) is 0 Å². The highest BCUT2D eigenvalue weighted by Gasteiger charge is 1.92. The average Bonchev–Trinajstić information content (AvgIpc) is 1.69. The quantitative estimate of drug-likeness (QED) is 0.400. The van der Waals surface area contributed by atoms with E-state index in [1.807, 2.05) is 12.2 Å². The molecule has 0 aliphatic heterocycles. The van der Waals surface area contributed by atoms with Gasteiger partial charge in [0.15, 0.2) is 0 Å². The molecule has 0 heterocycles. The molecule has 0 saturated carbocycles. The van der Waals surface area contributed by atoms with E-state index in [0.717, 1.165) is 6.42 Å². The highest BCUT2D eigenvalue weighted by molar-refractivity contribution is 4.97. The zero-order chi connectivity index (χ0) is 5.11. The maximum Gasteiger partial charge on any atom is -0.0139 e. The van der Waals surface area contributed by atoms with Gasteiger partial charge in [-0.05, 0) is 24.5 Å². The summed E-state index contributed by atoms with van der Waals surface area (Å²) in [7, 11) is 0. The first-order valence-corrected chi connectivity index (χ1v) is 2.55. The largest absolute Gasteiger partial charge is 0.0749 e. The van der Waals surface area contributed by atoms with E-state index in [4.69, 9.17) is 0 Å². The van der Waals surface area contributed by atoms with Crippen molar-refractivity contribution in [3.63, 3.8) is 0 Å². The van der Waals surface area contributed by atoms with E-state index in [0.29, 0.717) is 5.92 Å². The Hall–Kier alpha value is -0.700. The Morgan fingerprint density at radius 2 is 2.43 bits per heavy atom. The second-order valence-electron chi connectivity index (χ2n) is 1.87. The van der Waals surface area contributed by atoms with Crippen molar-refractivity contribution < 1.29 is 0 Å². The Balaban J connectivity index is 2.78. The van der Waals surface area contributed by atoms with E-state index in [2.05, 4.69) is 18.4 Å². The summed E-state index contributed by atoms with van der Waals surface area (Å²) < 4.78 is 0. The predicted molar refractivity (Wildman–Crippen MR) is 29.9 cm³/mol. The van der Waals surface area contributed by atoms with Crippen molar-refractivity contribution in [3.05, 3.63) is 23.6 Å². The lowest BCUT2D eigenvalue weighted by molar-refractivity contribution is 0.741. The second kappa shape index (κ2) is 1.84. The zero-order valence-corrected chi connectivity index (χ0v) is 4.44. The second-order valence-corrected chi connectivity index (χ2v) is 1.87. The molecule has 1 aliphatic carbocycles. The summed E-state index contributed by atoms with van der Waals surface area (Å²) in [6.45, 7) is 2.17. The normalized spacial score (nSPS) is 26.1. The molecule has 0 saturated heterocycles. The van der Waals surface area contributed by atoms with Crippen LogP contribution in [-0.2, 0) is 0 Å². The Morgan fingerprint density at radius 1 is 1.57 bits per heavy atom. The van der Waals surface area contributed by atoms with Crippen molar-refractivity contribution in [2.45, 2.75) is 13.3 Å². The van der Waals surface area contributed by atoms with Crippen LogP contribution in [0.5, 0.6) is 0 Å². The average molecular weight is 92.1 g/mol. The fourth-order valence-electron chi connectivity index (χ4n) is 0.562. The van der Waals surface area contributed by atoms with Crippen molar-refractivity contribution >= 4 is 0 Å². The van der Waals surface area contributed by atoms with E-state index in [1.165, 1.54) is 0 Å². The molecule has 0 aromatic heterocycles. The summed E-state index contributed by atoms with van der Waals surface area (Å²) >= 11 is 0. The number of rotatable bonds is 0. The van der Waals surface area contributed by atoms with Crippen molar-refractivity contribution in [1.29, 1.82) is 0 Å². The molecular weight excluding hydrogens is 84.1 g/mol. The van der Waals surface area contributed by atoms with Crippen LogP contribution >= 0.6 is 0 Å². The molecule has 0 aromatic carbocycles. The third-order valence-corrected chi connectivity index (χ3v) is 1.04. The minimum Gasteiger partial charge on any atom is -0.0749 e. The van der Waals surface area contributed by atoms with Gasteiger partial charge in [0.25, 0.3) is 0 Å². The van der Waals surface area contributed by atoms with Gasteiger partial charge in [-0.1, -0.05) is 18.4 Å². The van der Waals surface area contributed by atoms with Crippen molar-refractivity contribution in [1.82, 2.24) is 0 Å². The smallest absolute Gasteiger partial charge is 0.0139 e. The predicted octanol–water partition coefficient (Wildman–Crippen LogP) is 1.89. The van der Waals surface area contributed by atoms with Gasteiger partial charge in [0.05, 0.1) is 0 Å². The van der Waals surface area contributed by atoms with Gasteiger partial charge < -0.3 is 0 Å². The van der Waals surface area contributed by atoms with E-state index in [-0.39, 0.29) is 0 Å². The molecule has 1 rings (SSSR count). The first kappa shape index (κ1) is 4.46. The molecular formula is C7H8. The van der Waals surface area contributed by atoms with E-state index in [1.54, 1.807) is 0 Å². The fourth-order valence-corrected chi connectivity index (χ4v) is 0.562. The van der Waals surface area contributed by atoms with Gasteiger partial charge in [-0.25, -0.2) is 0 Å². The lowest BCUT2D eigenvalue weighted by atomic mass is 10.1. The van der Waals surface area contributed by atoms with Gasteiger partial charge in [-0.3, -0.25) is 0 Å². The highest BCUT2D eigenvalue weighted by atomic mass is 14.0. The minimum atomic E-state index is 0.682. The zero-order valence-electron chi connectivity index (χ0n) is 4.44. The Kier molecular flexibility index (Phi) is 1.17. The van der Waals surface area contributed by atoms with Gasteiger partial charge in [-0.2, -0.15) is 0 Å². The van der Waals surface area contributed by atoms with Gasteiger partial charge >= 0.3 is 0 Å². The van der Waals surface area contributed by atoms with E-state index in [9.17, 15) is 0 Å². The standard InChI is InChI=1S/C7H8/c1-7-5-3-2-4-6-7/h3,6-7H,5H2,1H3. The third kappa shape index (κ3) is 1.08. The first-order chi connectivity index (χ1) is 3.39. The third-order valence-electron chi connectivity index (χ3n) is 1.04. The topological polar surface area (TPSA) is 0 Å². The summed E-state index contributed by atoms with van der Waals surface area (Å²) in [5, 5.41) is 0. The number of hydrogen-bond acceptors (Lipinski definition) is 0. The lowest BCUT2D eigenvalue weighted by Crippen LogP contribution is -1.85. The van der Waals surface area contributed by atoms with Crippen LogP contribution in [0.4, 0.5) is 0 Å². The molecule has 0 amide bonds. The maximum absolute atomic E-state index is 2.90. The molecule has 36 valence electrons. The molecule has 1 unspecified atom stereocenters. The van der Waals surface area contributed by atoms with Crippen molar-refractivity contribution in [2.75, 3.05) is 0 Å². The molecule has 0 radical (unpaired) electrons. The molecule has 0 fully saturated rings. The SMILES string of the molecule is CC1C=C=C=CC1. The van der Waals surface area contributed by atoms with Crippen LogP contribution < -0.4 is 0 Å². The summed E-state index contributed by atoms with van der Waals surface area (Å²) in [5.41, 5.74) is 5.79. The molecule has 1 atom stereocenters. The minimum absolute atomic E-state index is 0.682. The van der Waals surface area contributed by atoms with Crippen LogP contribution in [0.1, 0.15) is 13.3 Å². The van der Waals surface area contributed by atoms with Gasteiger partial charge in [0.2, 0.25) is 0 Å². The Bertz CT molecular complexity index is 141. The van der Waals surface area contributed by atoms with E-state index >= 15 is 0 Å². The molecule has 7 heavy (non-hydrogen) atoms. The number of hydrogen-bond donors (Lipinski definition) is 0. The monoisotopic (exact) mass is 92.1 g/mol. The van der Waals surface area contributed by atoms with Crippen LogP contribution in [0.3, 0.4) is 0 Å². The fraction of sp³-hybridized carbons (Fsp3) is 0.429. The molecule has 1 aliphatic rings. The molecule has 0 bridgehead atoms.